The lowest BCUT2D eigenvalue weighted by Crippen LogP contribution is -2.32. The van der Waals surface area contributed by atoms with Gasteiger partial charge in [-0.15, -0.1) is 0 Å². The van der Waals surface area contributed by atoms with Gasteiger partial charge < -0.3 is 19.1 Å². The number of carbonyl (C=O) groups is 2. The van der Waals surface area contributed by atoms with Crippen LogP contribution >= 0.6 is 0 Å². The maximum absolute atomic E-state index is 12.7. The predicted octanol–water partition coefficient (Wildman–Crippen LogP) is 5.13. The highest BCUT2D eigenvalue weighted by Crippen LogP contribution is 2.44. The number of carbonyl (C=O) groups excluding carboxylic acids is 2. The summed E-state index contributed by atoms with van der Waals surface area (Å²) < 4.78 is 16.0. The van der Waals surface area contributed by atoms with Crippen LogP contribution < -0.4 is 4.74 Å². The third-order valence-corrected chi connectivity index (χ3v) is 6.25. The van der Waals surface area contributed by atoms with Gasteiger partial charge in [-0.3, -0.25) is 10.1 Å². The van der Waals surface area contributed by atoms with Gasteiger partial charge in [0.2, 0.25) is 0 Å². The lowest BCUT2D eigenvalue weighted by molar-refractivity contribution is -0.384. The fourth-order valence-corrected chi connectivity index (χ4v) is 4.57. The average molecular weight is 474 g/mol. The standard InChI is InChI=1S/C26H22N2O7/c29-25(33-16-24-22-7-3-1-5-20(22)21-6-2-4-8-23(21)24)27-14-13-19(15-27)35-26(30)34-18-11-9-17(10-12-18)28(31)32/h1-12,19,24H,13-16H2. The van der Waals surface area contributed by atoms with Crippen LogP contribution in [0.4, 0.5) is 15.3 Å². The lowest BCUT2D eigenvalue weighted by Gasteiger charge is -2.19. The van der Waals surface area contributed by atoms with Crippen LogP contribution in [-0.2, 0) is 9.47 Å². The molecule has 1 atom stereocenters. The van der Waals surface area contributed by atoms with Gasteiger partial charge in [0.05, 0.1) is 11.5 Å². The van der Waals surface area contributed by atoms with Crippen LogP contribution in [0.25, 0.3) is 11.1 Å². The van der Waals surface area contributed by atoms with Crippen molar-refractivity contribution < 1.29 is 28.7 Å². The van der Waals surface area contributed by atoms with E-state index in [9.17, 15) is 19.7 Å². The third kappa shape index (κ3) is 4.65. The average Bonchev–Trinajstić information content (AvgIpc) is 3.45. The highest BCUT2D eigenvalue weighted by Gasteiger charge is 2.33. The van der Waals surface area contributed by atoms with Crippen molar-refractivity contribution in [2.24, 2.45) is 0 Å². The molecule has 1 unspecified atom stereocenters. The molecule has 1 aliphatic carbocycles. The highest BCUT2D eigenvalue weighted by molar-refractivity contribution is 5.79. The topological polar surface area (TPSA) is 108 Å². The van der Waals surface area contributed by atoms with Gasteiger partial charge in [-0.25, -0.2) is 9.59 Å². The molecule has 0 saturated carbocycles. The zero-order chi connectivity index (χ0) is 24.4. The molecule has 9 heteroatoms. The van der Waals surface area contributed by atoms with Crippen LogP contribution in [-0.4, -0.2) is 47.9 Å². The molecule has 3 aromatic rings. The number of ether oxygens (including phenoxy) is 3. The van der Waals surface area contributed by atoms with Crippen molar-refractivity contribution in [3.05, 3.63) is 94.0 Å². The molecule has 2 aliphatic rings. The van der Waals surface area contributed by atoms with Crippen molar-refractivity contribution in [2.45, 2.75) is 18.4 Å². The number of hydrogen-bond acceptors (Lipinski definition) is 7. The van der Waals surface area contributed by atoms with E-state index >= 15 is 0 Å². The molecule has 5 rings (SSSR count). The summed E-state index contributed by atoms with van der Waals surface area (Å²) in [6.45, 7) is 0.815. The molecule has 35 heavy (non-hydrogen) atoms. The molecule has 0 radical (unpaired) electrons. The van der Waals surface area contributed by atoms with E-state index in [1.54, 1.807) is 0 Å². The second-order valence-electron chi connectivity index (χ2n) is 8.38. The first kappa shape index (κ1) is 22.4. The third-order valence-electron chi connectivity index (χ3n) is 6.25. The second kappa shape index (κ2) is 9.46. The molecular formula is C26H22N2O7. The smallest absolute Gasteiger partial charge is 0.448 e. The van der Waals surface area contributed by atoms with Gasteiger partial charge >= 0.3 is 12.2 Å². The minimum atomic E-state index is -0.932. The summed E-state index contributed by atoms with van der Waals surface area (Å²) in [5.41, 5.74) is 4.48. The zero-order valence-electron chi connectivity index (χ0n) is 18.7. The van der Waals surface area contributed by atoms with Gasteiger partial charge in [-0.1, -0.05) is 48.5 Å². The van der Waals surface area contributed by atoms with E-state index in [4.69, 9.17) is 14.2 Å². The summed E-state index contributed by atoms with van der Waals surface area (Å²) in [5.74, 6) is 0.102. The monoisotopic (exact) mass is 474 g/mol. The normalized spacial score (nSPS) is 16.3. The predicted molar refractivity (Wildman–Crippen MR) is 125 cm³/mol. The van der Waals surface area contributed by atoms with Gasteiger partial charge in [-0.2, -0.15) is 0 Å². The number of non-ortho nitro benzene ring substituents is 1. The molecule has 0 spiro atoms. The van der Waals surface area contributed by atoms with Gasteiger partial charge in [-0.05, 0) is 34.4 Å². The summed E-state index contributed by atoms with van der Waals surface area (Å²) in [5, 5.41) is 10.7. The van der Waals surface area contributed by atoms with Crippen molar-refractivity contribution in [1.29, 1.82) is 0 Å². The quantitative estimate of drug-likeness (QED) is 0.218. The molecule has 0 aromatic heterocycles. The number of fused-ring (bicyclic) bond motifs is 3. The van der Waals surface area contributed by atoms with E-state index in [0.717, 1.165) is 22.3 Å². The molecule has 1 saturated heterocycles. The van der Waals surface area contributed by atoms with E-state index in [1.165, 1.54) is 29.2 Å². The van der Waals surface area contributed by atoms with Gasteiger partial charge in [0.15, 0.2) is 0 Å². The SMILES string of the molecule is O=C(Oc1ccc([N+](=O)[O-])cc1)OC1CCN(C(=O)OCC2c3ccccc3-c3ccccc32)C1. The number of hydrogen-bond donors (Lipinski definition) is 0. The number of nitro benzene ring substituents is 1. The zero-order valence-corrected chi connectivity index (χ0v) is 18.7. The molecule has 9 nitrogen and oxygen atoms in total. The summed E-state index contributed by atoms with van der Waals surface area (Å²) in [4.78, 5) is 36.5. The first-order valence-electron chi connectivity index (χ1n) is 11.2. The van der Waals surface area contributed by atoms with Crippen LogP contribution in [0.5, 0.6) is 5.75 Å². The maximum Gasteiger partial charge on any atom is 0.514 e. The molecule has 178 valence electrons. The Balaban J connectivity index is 1.13. The van der Waals surface area contributed by atoms with Crippen LogP contribution in [0.1, 0.15) is 23.5 Å². The van der Waals surface area contributed by atoms with Crippen LogP contribution in [0.15, 0.2) is 72.8 Å². The van der Waals surface area contributed by atoms with Crippen LogP contribution in [0, 0.1) is 10.1 Å². The summed E-state index contributed by atoms with van der Waals surface area (Å²) >= 11 is 0. The largest absolute Gasteiger partial charge is 0.514 e. The lowest BCUT2D eigenvalue weighted by atomic mass is 9.98. The molecule has 3 aromatic carbocycles. The first-order valence-corrected chi connectivity index (χ1v) is 11.2. The van der Waals surface area contributed by atoms with Crippen molar-refractivity contribution >= 4 is 17.9 Å². The molecular weight excluding hydrogens is 452 g/mol. The number of rotatable bonds is 5. The van der Waals surface area contributed by atoms with E-state index in [0.29, 0.717) is 13.0 Å². The van der Waals surface area contributed by atoms with Crippen molar-refractivity contribution in [3.8, 4) is 16.9 Å². The number of nitrogens with zero attached hydrogens (tertiary/aromatic N) is 2. The summed E-state index contributed by atoms with van der Waals surface area (Å²) in [6.07, 6.45) is -1.46. The first-order chi connectivity index (χ1) is 17.0. The summed E-state index contributed by atoms with van der Waals surface area (Å²) in [7, 11) is 0. The molecule has 1 fully saturated rings. The van der Waals surface area contributed by atoms with Crippen molar-refractivity contribution in [3.63, 3.8) is 0 Å². The van der Waals surface area contributed by atoms with E-state index in [1.807, 2.05) is 24.3 Å². The number of amides is 1. The maximum atomic E-state index is 12.7. The van der Waals surface area contributed by atoms with Crippen LogP contribution in [0.3, 0.4) is 0 Å². The Morgan fingerprint density at radius 3 is 2.20 bits per heavy atom. The molecule has 1 amide bonds. The number of nitro groups is 1. The summed E-state index contributed by atoms with van der Waals surface area (Å²) in [6, 6.07) is 21.3. The minimum Gasteiger partial charge on any atom is -0.448 e. The van der Waals surface area contributed by atoms with E-state index < -0.39 is 23.3 Å². The Hall–Kier alpha value is -4.40. The van der Waals surface area contributed by atoms with Gasteiger partial charge in [0.25, 0.3) is 5.69 Å². The fraction of sp³-hybridized carbons (Fsp3) is 0.231. The fourth-order valence-electron chi connectivity index (χ4n) is 4.57. The van der Waals surface area contributed by atoms with Gasteiger partial charge in [0, 0.05) is 31.0 Å². The van der Waals surface area contributed by atoms with E-state index in [-0.39, 0.29) is 30.5 Å². The highest BCUT2D eigenvalue weighted by atomic mass is 16.7. The number of benzene rings is 3. The molecule has 0 N–H and O–H groups in total. The minimum absolute atomic E-state index is 0.0299. The Labute approximate surface area is 201 Å². The number of likely N-dealkylation sites (tertiary alicyclic amines) is 1. The Morgan fingerprint density at radius 1 is 0.943 bits per heavy atom. The van der Waals surface area contributed by atoms with Gasteiger partial charge in [0.1, 0.15) is 18.5 Å². The Morgan fingerprint density at radius 2 is 1.57 bits per heavy atom. The Bertz CT molecular complexity index is 1230. The molecule has 1 heterocycles. The Kier molecular flexibility index (Phi) is 6.05. The van der Waals surface area contributed by atoms with E-state index in [2.05, 4.69) is 24.3 Å². The second-order valence-corrected chi connectivity index (χ2v) is 8.38. The van der Waals surface area contributed by atoms with Crippen molar-refractivity contribution in [1.82, 2.24) is 4.90 Å². The molecule has 1 aliphatic heterocycles. The van der Waals surface area contributed by atoms with Crippen LogP contribution in [0.2, 0.25) is 0 Å². The van der Waals surface area contributed by atoms with Crippen molar-refractivity contribution in [2.75, 3.05) is 19.7 Å². The molecule has 0 bridgehead atoms.